The number of nitrogens with zero attached hydrogens (tertiary/aromatic N) is 2. The summed E-state index contributed by atoms with van der Waals surface area (Å²) in [5.41, 5.74) is 13.3. The summed E-state index contributed by atoms with van der Waals surface area (Å²) in [5.74, 6) is 0. The van der Waals surface area contributed by atoms with E-state index in [-0.39, 0.29) is 21.2 Å². The van der Waals surface area contributed by atoms with Crippen molar-refractivity contribution in [3.05, 3.63) is 165 Å². The van der Waals surface area contributed by atoms with Gasteiger partial charge in [0.2, 0.25) is 0 Å². The molecule has 2 nitrogen and oxygen atoms in total. The monoisotopic (exact) mass is 797 g/mol. The van der Waals surface area contributed by atoms with Gasteiger partial charge in [0.1, 0.15) is 0 Å². The first kappa shape index (κ1) is 29.5. The van der Waals surface area contributed by atoms with Crippen LogP contribution in [0.1, 0.15) is 0 Å². The molecule has 1 aliphatic rings. The van der Waals surface area contributed by atoms with Crippen LogP contribution in [0, 0.1) is 7.14 Å². The summed E-state index contributed by atoms with van der Waals surface area (Å²) in [7, 11) is 0. The van der Waals surface area contributed by atoms with Crippen molar-refractivity contribution in [2.75, 3.05) is 0 Å². The molecule has 0 saturated heterocycles. The third-order valence-electron chi connectivity index (χ3n) is 9.97. The van der Waals surface area contributed by atoms with Crippen molar-refractivity contribution in [2.45, 2.75) is 0 Å². The summed E-state index contributed by atoms with van der Waals surface area (Å²) in [6.45, 7) is 0. The molecule has 51 heavy (non-hydrogen) atoms. The van der Waals surface area contributed by atoms with Gasteiger partial charge in [0.25, 0.3) is 0 Å². The number of hydrogen-bond acceptors (Lipinski definition) is 4. The standard InChI is InChI=1S/C46H26IN2S2/c1-3-13-39-34(7-1)36-11-5-9-32(43(36)47-39)28-19-21-30(22-20-28)40-26-48-44-38-25-31(23-24-42(38)51-46(44)49-40)27-15-17-29(18-16-27)33-10-6-12-37-35-8-2-4-14-41(35)50-45(33)37/h1-26H/q-1. The van der Waals surface area contributed by atoms with Crippen LogP contribution in [-0.2, 0) is 0 Å². The summed E-state index contributed by atoms with van der Waals surface area (Å²) >= 11 is 3.41. The molecule has 3 aromatic heterocycles. The molecule has 0 N–H and O–H groups in total. The number of aromatic nitrogens is 2. The predicted molar refractivity (Wildman–Crippen MR) is 212 cm³/mol. The molecule has 0 radical (unpaired) electrons. The molecule has 0 saturated carbocycles. The quantitative estimate of drug-likeness (QED) is 0.166. The number of rotatable bonds is 4. The van der Waals surface area contributed by atoms with Crippen LogP contribution in [-0.4, -0.2) is 9.97 Å². The van der Waals surface area contributed by atoms with Gasteiger partial charge in [-0.1, -0.05) is 66.7 Å². The van der Waals surface area contributed by atoms with Gasteiger partial charge >= 0.3 is 189 Å². The van der Waals surface area contributed by atoms with E-state index in [4.69, 9.17) is 9.97 Å². The number of benzene rings is 7. The Morgan fingerprint density at radius 3 is 2.00 bits per heavy atom. The molecule has 0 bridgehead atoms. The zero-order chi connectivity index (χ0) is 33.5. The first-order chi connectivity index (χ1) is 25.2. The Hall–Kier alpha value is -5.21. The van der Waals surface area contributed by atoms with Gasteiger partial charge in [-0.05, 0) is 28.3 Å². The third-order valence-corrected chi connectivity index (χ3v) is 15.5. The maximum atomic E-state index is 5.12. The molecule has 240 valence electrons. The Bertz CT molecular complexity index is 2990. The Morgan fingerprint density at radius 2 is 1.10 bits per heavy atom. The summed E-state index contributed by atoms with van der Waals surface area (Å²) < 4.78 is 6.93. The maximum absolute atomic E-state index is 5.12. The third kappa shape index (κ3) is 4.79. The van der Waals surface area contributed by atoms with E-state index >= 15 is 0 Å². The molecule has 0 unspecified atom stereocenters. The van der Waals surface area contributed by atoms with E-state index in [2.05, 4.69) is 152 Å². The van der Waals surface area contributed by atoms with Crippen LogP contribution >= 0.6 is 22.7 Å². The van der Waals surface area contributed by atoms with Gasteiger partial charge in [-0.3, -0.25) is 0 Å². The van der Waals surface area contributed by atoms with Gasteiger partial charge in [0.15, 0.2) is 0 Å². The fraction of sp³-hybridized carbons (Fsp3) is 0. The topological polar surface area (TPSA) is 25.8 Å². The zero-order valence-corrected chi connectivity index (χ0v) is 30.9. The van der Waals surface area contributed by atoms with Gasteiger partial charge in [0.05, 0.1) is 0 Å². The molecule has 10 aromatic rings. The molecular weight excluding hydrogens is 772 g/mol. The number of hydrogen-bond donors (Lipinski definition) is 0. The van der Waals surface area contributed by atoms with Crippen LogP contribution in [0.15, 0.2) is 158 Å². The van der Waals surface area contributed by atoms with Crippen molar-refractivity contribution in [1.29, 1.82) is 0 Å². The van der Waals surface area contributed by atoms with Crippen molar-refractivity contribution in [3.8, 4) is 55.8 Å². The van der Waals surface area contributed by atoms with Gasteiger partial charge in [-0.25, -0.2) is 0 Å². The molecule has 0 aliphatic carbocycles. The van der Waals surface area contributed by atoms with E-state index in [0.29, 0.717) is 0 Å². The van der Waals surface area contributed by atoms with E-state index in [9.17, 15) is 0 Å². The van der Waals surface area contributed by atoms with Gasteiger partial charge in [-0.2, -0.15) is 0 Å². The molecule has 0 amide bonds. The minimum atomic E-state index is -0.188. The van der Waals surface area contributed by atoms with Gasteiger partial charge in [-0.15, -0.1) is 11.3 Å². The summed E-state index contributed by atoms with van der Waals surface area (Å²) in [5, 5.41) is 3.82. The molecule has 1 aliphatic heterocycles. The van der Waals surface area contributed by atoms with Crippen molar-refractivity contribution < 1.29 is 21.2 Å². The van der Waals surface area contributed by atoms with E-state index in [1.54, 1.807) is 11.3 Å². The Balaban J connectivity index is 0.893. The Morgan fingerprint density at radius 1 is 0.451 bits per heavy atom. The number of fused-ring (bicyclic) bond motifs is 9. The number of thiophene rings is 2. The van der Waals surface area contributed by atoms with Crippen LogP contribution in [0.25, 0.3) is 96.4 Å². The molecule has 7 aromatic carbocycles. The molecule has 0 atom stereocenters. The van der Waals surface area contributed by atoms with Crippen LogP contribution in [0.3, 0.4) is 0 Å². The first-order valence-electron chi connectivity index (χ1n) is 16.9. The second-order valence-electron chi connectivity index (χ2n) is 12.9. The molecular formula is C46H26IN2S2-. The van der Waals surface area contributed by atoms with Crippen LogP contribution in [0.5, 0.6) is 0 Å². The molecule has 5 heteroatoms. The SMILES string of the molecule is c1ccc2c(c1)[I-]c1c(-c3ccc(-c4cnc5c(n4)sc4ccc(-c6ccc(-c7cccc8c7sc7ccccc78)cc6)cc45)cc3)cccc1-2. The summed E-state index contributed by atoms with van der Waals surface area (Å²) in [6.07, 6.45) is 1.93. The predicted octanol–water partition coefficient (Wildman–Crippen LogP) is 9.99. The van der Waals surface area contributed by atoms with Crippen molar-refractivity contribution >= 4 is 63.3 Å². The zero-order valence-electron chi connectivity index (χ0n) is 27.1. The fourth-order valence-corrected chi connectivity index (χ4v) is 12.9. The van der Waals surface area contributed by atoms with Crippen LogP contribution < -0.4 is 21.2 Å². The van der Waals surface area contributed by atoms with E-state index in [0.717, 1.165) is 27.0 Å². The van der Waals surface area contributed by atoms with Crippen molar-refractivity contribution in [2.24, 2.45) is 0 Å². The Kier molecular flexibility index (Phi) is 6.75. The molecule has 4 heterocycles. The van der Waals surface area contributed by atoms with E-state index < -0.39 is 0 Å². The van der Waals surface area contributed by atoms with Crippen molar-refractivity contribution in [3.63, 3.8) is 0 Å². The van der Waals surface area contributed by atoms with Gasteiger partial charge in [0, 0.05) is 20.2 Å². The average Bonchev–Trinajstić information content (AvgIpc) is 3.89. The average molecular weight is 798 g/mol. The van der Waals surface area contributed by atoms with Crippen molar-refractivity contribution in [1.82, 2.24) is 9.97 Å². The molecule has 0 spiro atoms. The first-order valence-corrected chi connectivity index (χ1v) is 20.7. The summed E-state index contributed by atoms with van der Waals surface area (Å²) in [4.78, 5) is 11.1. The van der Waals surface area contributed by atoms with E-state index in [1.165, 1.54) is 76.5 Å². The normalized spacial score (nSPS) is 12.4. The second-order valence-corrected chi connectivity index (χ2v) is 17.8. The van der Waals surface area contributed by atoms with E-state index in [1.807, 2.05) is 17.5 Å². The van der Waals surface area contributed by atoms with Gasteiger partial charge < -0.3 is 0 Å². The summed E-state index contributed by atoms with van der Waals surface area (Å²) in [6, 6.07) is 55.6. The van der Waals surface area contributed by atoms with Crippen LogP contribution in [0.4, 0.5) is 0 Å². The Labute approximate surface area is 313 Å². The second kappa shape index (κ2) is 11.7. The fourth-order valence-electron chi connectivity index (χ4n) is 7.42. The van der Waals surface area contributed by atoms with Crippen LogP contribution in [0.2, 0.25) is 0 Å². The minimum absolute atomic E-state index is 0.188. The molecule has 11 rings (SSSR count). The number of halogens is 1. The molecule has 0 fully saturated rings.